The Balaban J connectivity index is 0.000000175. The van der Waals surface area contributed by atoms with Crippen molar-refractivity contribution in [3.8, 4) is 11.5 Å². The molecular weight excluding hydrogens is 732 g/mol. The van der Waals surface area contributed by atoms with E-state index >= 15 is 0 Å². The molecule has 8 rings (SSSR count). The van der Waals surface area contributed by atoms with Crippen LogP contribution in [0.1, 0.15) is 7.43 Å². The van der Waals surface area contributed by atoms with Gasteiger partial charge in [0.25, 0.3) is 0 Å². The minimum absolute atomic E-state index is 0. The van der Waals surface area contributed by atoms with Gasteiger partial charge in [0.05, 0.1) is 0 Å². The largest absolute Gasteiger partial charge is 0.508 e. The molecule has 10 N–H and O–H groups in total. The van der Waals surface area contributed by atoms with E-state index in [2.05, 4.69) is 29.0 Å². The van der Waals surface area contributed by atoms with E-state index < -0.39 is 73.4 Å². The van der Waals surface area contributed by atoms with Gasteiger partial charge < -0.3 is 65.3 Å². The lowest BCUT2D eigenvalue weighted by Gasteiger charge is -2.38. The van der Waals surface area contributed by atoms with Crippen molar-refractivity contribution >= 4 is 55.0 Å². The molecule has 10 atom stereocenters. The number of carboxylic acid groups (broad SMARTS) is 2. The fourth-order valence-electron chi connectivity index (χ4n) is 6.27. The Kier molecular flexibility index (Phi) is 13.1. The van der Waals surface area contributed by atoms with Gasteiger partial charge in [-0.25, -0.2) is 9.59 Å². The molecule has 0 bridgehead atoms. The third kappa shape index (κ3) is 8.98. The van der Waals surface area contributed by atoms with Crippen LogP contribution in [-0.4, -0.2) is 124 Å². The van der Waals surface area contributed by atoms with Gasteiger partial charge in [0.2, 0.25) is 6.29 Å². The van der Waals surface area contributed by atoms with Crippen molar-refractivity contribution in [1.29, 1.82) is 0 Å². The van der Waals surface area contributed by atoms with Crippen molar-refractivity contribution < 1.29 is 74.9 Å². The Morgan fingerprint density at radius 3 is 1.38 bits per heavy atom. The lowest BCUT2D eigenvalue weighted by Crippen LogP contribution is -2.61. The summed E-state index contributed by atoms with van der Waals surface area (Å²) < 4.78 is 15.1. The molecule has 2 aliphatic rings. The van der Waals surface area contributed by atoms with Crippen LogP contribution in [0.25, 0.3) is 43.1 Å². The number of phenols is 1. The van der Waals surface area contributed by atoms with Gasteiger partial charge in [-0.2, -0.15) is 0 Å². The lowest BCUT2D eigenvalue weighted by molar-refractivity contribution is -0.279. The van der Waals surface area contributed by atoms with Gasteiger partial charge in [-0.1, -0.05) is 68.1 Å². The number of aromatic hydroxyl groups is 1. The zero-order chi connectivity index (χ0) is 39.6. The van der Waals surface area contributed by atoms with E-state index in [1.54, 1.807) is 24.3 Å². The number of aliphatic carboxylic acids is 2. The number of fused-ring (bicyclic) bond motifs is 4. The van der Waals surface area contributed by atoms with Crippen LogP contribution in [0.4, 0.5) is 0 Å². The summed E-state index contributed by atoms with van der Waals surface area (Å²) in [6.07, 6.45) is -16.9. The summed E-state index contributed by atoms with van der Waals surface area (Å²) in [5.74, 6) is -2.31. The number of phenolic OH excluding ortho intramolecular Hbond substituents is 1. The quantitative estimate of drug-likeness (QED) is 0.115. The van der Waals surface area contributed by atoms with Crippen LogP contribution in [0.5, 0.6) is 11.5 Å². The molecule has 15 heteroatoms. The Labute approximate surface area is 319 Å². The van der Waals surface area contributed by atoms with E-state index in [4.69, 9.17) is 40.1 Å². The van der Waals surface area contributed by atoms with Crippen LogP contribution >= 0.6 is 0 Å². The first-order valence-electron chi connectivity index (χ1n) is 17.0. The van der Waals surface area contributed by atoms with Crippen LogP contribution in [0.15, 0.2) is 109 Å². The third-order valence-electron chi connectivity index (χ3n) is 9.26. The Bertz CT molecular complexity index is 2310. The summed E-state index contributed by atoms with van der Waals surface area (Å²) in [6, 6.07) is 35.1. The highest BCUT2D eigenvalue weighted by Gasteiger charge is 2.48. The third-order valence-corrected chi connectivity index (χ3v) is 9.26. The number of carboxylic acids is 2. The predicted molar refractivity (Wildman–Crippen MR) is 203 cm³/mol. The van der Waals surface area contributed by atoms with Crippen molar-refractivity contribution in [2.24, 2.45) is 0 Å². The van der Waals surface area contributed by atoms with E-state index in [9.17, 15) is 30.0 Å². The van der Waals surface area contributed by atoms with Crippen LogP contribution in [0, 0.1) is 0 Å². The molecule has 2 fully saturated rings. The summed E-state index contributed by atoms with van der Waals surface area (Å²) in [5.41, 5.74) is 0. The lowest BCUT2D eigenvalue weighted by atomic mass is 9.99. The predicted octanol–water partition coefficient (Wildman–Crippen LogP) is 2.47. The second kappa shape index (κ2) is 17.6. The summed E-state index contributed by atoms with van der Waals surface area (Å²) in [5, 5.41) is 101. The average Bonchev–Trinajstić information content (AvgIpc) is 3.17. The zero-order valence-electron chi connectivity index (χ0n) is 28.7. The van der Waals surface area contributed by atoms with Gasteiger partial charge in [-0.05, 0) is 91.6 Å². The van der Waals surface area contributed by atoms with Gasteiger partial charge in [-0.15, -0.1) is 0 Å². The summed E-state index contributed by atoms with van der Waals surface area (Å²) >= 11 is 0. The first kappa shape index (κ1) is 41.7. The van der Waals surface area contributed by atoms with Crippen molar-refractivity contribution in [3.63, 3.8) is 0 Å². The van der Waals surface area contributed by atoms with Crippen LogP contribution in [0.2, 0.25) is 0 Å². The van der Waals surface area contributed by atoms with Gasteiger partial charge in [0.15, 0.2) is 18.5 Å². The fourth-order valence-corrected chi connectivity index (χ4v) is 6.27. The monoisotopic (exact) mass is 774 g/mol. The Hall–Kier alpha value is -5.46. The molecule has 2 saturated heterocycles. The molecule has 6 aromatic rings. The number of hydrogen-bond acceptors (Lipinski definition) is 13. The van der Waals surface area contributed by atoms with E-state index in [0.29, 0.717) is 11.5 Å². The zero-order valence-corrected chi connectivity index (χ0v) is 28.7. The highest BCUT2D eigenvalue weighted by atomic mass is 16.7. The van der Waals surface area contributed by atoms with Gasteiger partial charge in [0.1, 0.15) is 48.1 Å². The normalized spacial score (nSPS) is 27.3. The molecule has 0 radical (unpaired) electrons. The number of ether oxygens (including phenoxy) is 3. The summed E-state index contributed by atoms with van der Waals surface area (Å²) in [7, 11) is 0. The molecule has 296 valence electrons. The molecule has 0 amide bonds. The maximum Gasteiger partial charge on any atom is 0.335 e. The van der Waals surface area contributed by atoms with Gasteiger partial charge >= 0.3 is 11.9 Å². The van der Waals surface area contributed by atoms with Gasteiger partial charge in [0, 0.05) is 0 Å². The number of carbonyl (C=O) groups is 2. The minimum Gasteiger partial charge on any atom is -0.508 e. The van der Waals surface area contributed by atoms with Crippen LogP contribution in [0.3, 0.4) is 0 Å². The topological polar surface area (TPSA) is 264 Å². The molecule has 0 saturated carbocycles. The molecule has 6 aromatic carbocycles. The second-order valence-corrected chi connectivity index (χ2v) is 13.0. The van der Waals surface area contributed by atoms with Crippen molar-refractivity contribution in [1.82, 2.24) is 0 Å². The molecule has 0 spiro atoms. The number of hydrogen-bond donors (Lipinski definition) is 10. The molecule has 2 aliphatic heterocycles. The fraction of sp³-hybridized carbons (Fsp3) is 0.268. The first-order valence-corrected chi connectivity index (χ1v) is 17.0. The number of aliphatic hydroxyl groups excluding tert-OH is 7. The molecule has 56 heavy (non-hydrogen) atoms. The summed E-state index contributed by atoms with van der Waals surface area (Å²) in [6.45, 7) is 0. The highest BCUT2D eigenvalue weighted by Crippen LogP contribution is 2.30. The molecular formula is C41H42O15. The molecule has 2 heterocycles. The number of aliphatic hydroxyl groups is 7. The first-order chi connectivity index (χ1) is 26.2. The maximum absolute atomic E-state index is 11.2. The molecule has 15 nitrogen and oxygen atoms in total. The smallest absolute Gasteiger partial charge is 0.335 e. The van der Waals surface area contributed by atoms with E-state index in [1.807, 2.05) is 60.7 Å². The van der Waals surface area contributed by atoms with Gasteiger partial charge in [-0.3, -0.25) is 0 Å². The Morgan fingerprint density at radius 2 is 0.875 bits per heavy atom. The molecule has 0 unspecified atom stereocenters. The number of rotatable bonds is 4. The highest BCUT2D eigenvalue weighted by molar-refractivity contribution is 5.99. The van der Waals surface area contributed by atoms with Crippen molar-refractivity contribution in [2.75, 3.05) is 0 Å². The van der Waals surface area contributed by atoms with E-state index in [1.165, 1.54) is 10.8 Å². The molecule has 0 aliphatic carbocycles. The average molecular weight is 775 g/mol. The second-order valence-electron chi connectivity index (χ2n) is 13.0. The summed E-state index contributed by atoms with van der Waals surface area (Å²) in [4.78, 5) is 21.6. The standard InChI is InChI=1S/C20H18O7.C14H10O.C6H10O7.CH4/c21-15-16(22)18(19(24)25)27-20(17(15)23)26-14-6-5-12-7-10-3-1-2-4-11(10)8-13(12)9-14;15-14-6-5-12-7-10-3-1-2-4-11(10)8-13(12)9-14;7-1-2(8)4(5(10)11)13-6(12)3(1)9;/h1-9,15-18,20-23H,(H,24,25);1-9,15H;1-4,6-9,12H,(H,10,11);1H4/t15-,16-,17+,18-,20+;;1-,2-,3+,4-,6+;/m0.0./s1. The molecule has 0 aromatic heterocycles. The van der Waals surface area contributed by atoms with Crippen molar-refractivity contribution in [2.45, 2.75) is 68.8 Å². The van der Waals surface area contributed by atoms with Crippen molar-refractivity contribution in [3.05, 3.63) is 109 Å². The minimum atomic E-state index is -1.81. The van der Waals surface area contributed by atoms with Crippen LogP contribution in [-0.2, 0) is 19.1 Å². The van der Waals surface area contributed by atoms with E-state index in [-0.39, 0.29) is 7.43 Å². The number of benzene rings is 6. The SMILES string of the molecule is C.O=C(O)[C@H]1O[C@@H](O)[C@H](O)[C@@H](O)[C@@H]1O.O=C(O)[C@H]1O[C@@H](Oc2ccc3cc4ccccc4cc3c2)[C@H](O)[C@@H](O)[C@@H]1O.Oc1ccc2cc3ccccc3cc2c1. The van der Waals surface area contributed by atoms with Crippen LogP contribution < -0.4 is 4.74 Å². The maximum atomic E-state index is 11.2. The van der Waals surface area contributed by atoms with E-state index in [0.717, 1.165) is 32.3 Å². The Morgan fingerprint density at radius 1 is 0.464 bits per heavy atom.